The van der Waals surface area contributed by atoms with Gasteiger partial charge in [0.15, 0.2) is 11.4 Å². The molecule has 4 N–H and O–H groups in total. The molecule has 2 heterocycles. The number of aromatic nitrogens is 2. The molecule has 196 valence electrons. The summed E-state index contributed by atoms with van der Waals surface area (Å²) in [5.41, 5.74) is 6.74. The second-order valence-corrected chi connectivity index (χ2v) is 9.14. The molecule has 2 aromatic rings. The number of alkyl halides is 3. The predicted octanol–water partition coefficient (Wildman–Crippen LogP) is 5.32. The number of nitrogen functional groups attached to an aromatic ring is 1. The molecule has 4 rings (SSSR count). The lowest BCUT2D eigenvalue weighted by atomic mass is 9.91. The Balaban J connectivity index is 1.75. The van der Waals surface area contributed by atoms with Gasteiger partial charge in [0.2, 0.25) is 0 Å². The van der Waals surface area contributed by atoms with E-state index in [1.54, 1.807) is 37.3 Å². The van der Waals surface area contributed by atoms with Gasteiger partial charge in [0, 0.05) is 6.54 Å². The highest BCUT2D eigenvalue weighted by atomic mass is 19.4. The Labute approximate surface area is 212 Å². The predicted molar refractivity (Wildman–Crippen MR) is 135 cm³/mol. The summed E-state index contributed by atoms with van der Waals surface area (Å²) in [4.78, 5) is 10.3. The van der Waals surface area contributed by atoms with Crippen molar-refractivity contribution in [1.82, 2.24) is 20.2 Å². The number of likely N-dealkylation sites (tertiary alicyclic amines) is 1. The van der Waals surface area contributed by atoms with Gasteiger partial charge in [-0.25, -0.2) is 14.4 Å². The van der Waals surface area contributed by atoms with Gasteiger partial charge in [-0.3, -0.25) is 0 Å². The Morgan fingerprint density at radius 3 is 2.62 bits per heavy atom. The maximum atomic E-state index is 14.4. The molecule has 10 heteroatoms. The van der Waals surface area contributed by atoms with E-state index in [9.17, 15) is 22.7 Å². The number of hydrogen-bond donors (Lipinski definition) is 3. The van der Waals surface area contributed by atoms with Gasteiger partial charge in [-0.1, -0.05) is 24.8 Å². The van der Waals surface area contributed by atoms with E-state index < -0.39 is 24.1 Å². The normalized spacial score (nSPS) is 20.6. The van der Waals surface area contributed by atoms with Crippen LogP contribution in [0.2, 0.25) is 0 Å². The lowest BCUT2D eigenvalue weighted by molar-refractivity contribution is -0.272. The van der Waals surface area contributed by atoms with Crippen LogP contribution in [0.5, 0.6) is 0 Å². The Morgan fingerprint density at radius 2 is 2.00 bits per heavy atom. The molecule has 1 aliphatic heterocycles. The maximum Gasteiger partial charge on any atom is 0.418 e. The summed E-state index contributed by atoms with van der Waals surface area (Å²) in [6.07, 6.45) is 2.91. The zero-order valence-corrected chi connectivity index (χ0v) is 20.4. The number of halogens is 4. The highest BCUT2D eigenvalue weighted by Crippen LogP contribution is 2.40. The van der Waals surface area contributed by atoms with E-state index in [4.69, 9.17) is 5.73 Å². The molecule has 1 aliphatic carbocycles. The summed E-state index contributed by atoms with van der Waals surface area (Å²) in [6, 6.07) is 6.13. The molecule has 2 fully saturated rings. The van der Waals surface area contributed by atoms with Crippen molar-refractivity contribution < 1.29 is 22.7 Å². The number of benzene rings is 1. The van der Waals surface area contributed by atoms with Gasteiger partial charge >= 0.3 is 6.18 Å². The molecule has 2 aliphatic rings. The SMILES string of the molecule is C=C/C(NC(=C1CC1)c1nc(-c2ccccc2F)ncc1N)=C(\C=C/C)N1CCCC(O)(C(F)(F)F)C1. The number of β-amino-alcohol motifs (C(OH)–C–C–N with tert-alkyl or cyclic N) is 1. The molecule has 37 heavy (non-hydrogen) atoms. The number of nitrogens with zero attached hydrogens (tertiary/aromatic N) is 3. The van der Waals surface area contributed by atoms with E-state index >= 15 is 0 Å². The molecular formula is C27H29F4N5O. The molecule has 0 radical (unpaired) electrons. The fourth-order valence-electron chi connectivity index (χ4n) is 4.34. The molecule has 1 aromatic heterocycles. The van der Waals surface area contributed by atoms with Crippen molar-refractivity contribution in [3.8, 4) is 11.4 Å². The van der Waals surface area contributed by atoms with Crippen molar-refractivity contribution >= 4 is 11.4 Å². The lowest BCUT2D eigenvalue weighted by Crippen LogP contribution is -2.56. The second kappa shape index (κ2) is 10.4. The Hall–Kier alpha value is -3.66. The van der Waals surface area contributed by atoms with Gasteiger partial charge in [-0.2, -0.15) is 13.2 Å². The van der Waals surface area contributed by atoms with Crippen LogP contribution >= 0.6 is 0 Å². The number of allylic oxidation sites excluding steroid dienone is 4. The number of nitrogens with one attached hydrogen (secondary N) is 1. The third-order valence-electron chi connectivity index (χ3n) is 6.43. The van der Waals surface area contributed by atoms with Crippen molar-refractivity contribution in [2.45, 2.75) is 44.4 Å². The van der Waals surface area contributed by atoms with Crippen LogP contribution in [0, 0.1) is 5.82 Å². The second-order valence-electron chi connectivity index (χ2n) is 9.14. The Morgan fingerprint density at radius 1 is 1.27 bits per heavy atom. The first kappa shape index (κ1) is 26.4. The van der Waals surface area contributed by atoms with E-state index in [0.717, 1.165) is 18.4 Å². The van der Waals surface area contributed by atoms with Crippen LogP contribution in [-0.2, 0) is 0 Å². The monoisotopic (exact) mass is 515 g/mol. The number of nitrogens with two attached hydrogens (primary N) is 1. The maximum absolute atomic E-state index is 14.4. The van der Waals surface area contributed by atoms with Crippen LogP contribution < -0.4 is 11.1 Å². The smallest absolute Gasteiger partial charge is 0.396 e. The molecule has 1 saturated heterocycles. The van der Waals surface area contributed by atoms with Crippen LogP contribution in [0.25, 0.3) is 17.1 Å². The standard InChI is InChI=1S/C27H29F4N5O/c1-3-8-22(36-14-7-13-26(37,16-36)27(29,30)31)21(4-2)34-23(17-11-12-17)24-20(32)15-33-25(35-24)18-9-5-6-10-19(18)28/h3-6,8-10,15,34,37H,2,7,11-14,16,32H2,1H3/b8-3-,22-21-. The van der Waals surface area contributed by atoms with Crippen LogP contribution in [0.1, 0.15) is 38.3 Å². The zero-order chi connectivity index (χ0) is 26.8. The van der Waals surface area contributed by atoms with Crippen LogP contribution in [0.3, 0.4) is 0 Å². The largest absolute Gasteiger partial charge is 0.418 e. The fraction of sp³-hybridized carbons (Fsp3) is 0.333. The van der Waals surface area contributed by atoms with Gasteiger partial charge in [-0.05, 0) is 62.5 Å². The molecular weight excluding hydrogens is 486 g/mol. The number of piperidine rings is 1. The number of hydrogen-bond acceptors (Lipinski definition) is 6. The summed E-state index contributed by atoms with van der Waals surface area (Å²) >= 11 is 0. The van der Waals surface area contributed by atoms with Crippen molar-refractivity contribution in [2.75, 3.05) is 18.8 Å². The summed E-state index contributed by atoms with van der Waals surface area (Å²) in [6.45, 7) is 5.35. The molecule has 1 unspecified atom stereocenters. The average Bonchev–Trinajstić information content (AvgIpc) is 3.70. The average molecular weight is 516 g/mol. The lowest BCUT2D eigenvalue weighted by Gasteiger charge is -2.42. The topological polar surface area (TPSA) is 87.3 Å². The third kappa shape index (κ3) is 5.53. The minimum Gasteiger partial charge on any atom is -0.396 e. The first-order valence-corrected chi connectivity index (χ1v) is 12.0. The first-order valence-electron chi connectivity index (χ1n) is 12.0. The first-order chi connectivity index (χ1) is 17.6. The Bertz CT molecular complexity index is 1280. The molecule has 1 aromatic carbocycles. The quantitative estimate of drug-likeness (QED) is 0.342. The molecule has 0 bridgehead atoms. The summed E-state index contributed by atoms with van der Waals surface area (Å²) in [5.74, 6) is -0.317. The van der Waals surface area contributed by atoms with E-state index in [1.807, 2.05) is 0 Å². The number of rotatable bonds is 7. The summed E-state index contributed by atoms with van der Waals surface area (Å²) in [7, 11) is 0. The van der Waals surface area contributed by atoms with Gasteiger partial charge in [0.05, 0.1) is 41.1 Å². The zero-order valence-electron chi connectivity index (χ0n) is 20.4. The molecule has 0 spiro atoms. The minimum atomic E-state index is -4.76. The van der Waals surface area contributed by atoms with E-state index in [2.05, 4.69) is 21.9 Å². The number of aliphatic hydroxyl groups is 1. The van der Waals surface area contributed by atoms with Crippen molar-refractivity contribution in [3.05, 3.63) is 83.7 Å². The minimum absolute atomic E-state index is 0.159. The highest BCUT2D eigenvalue weighted by Gasteiger charge is 2.55. The Kier molecular flexibility index (Phi) is 7.40. The number of anilines is 1. The van der Waals surface area contributed by atoms with E-state index in [0.29, 0.717) is 29.3 Å². The van der Waals surface area contributed by atoms with Gasteiger partial charge < -0.3 is 21.1 Å². The molecule has 6 nitrogen and oxygen atoms in total. The summed E-state index contributed by atoms with van der Waals surface area (Å²) < 4.78 is 55.3. The van der Waals surface area contributed by atoms with Crippen molar-refractivity contribution in [2.24, 2.45) is 0 Å². The third-order valence-corrected chi connectivity index (χ3v) is 6.43. The highest BCUT2D eigenvalue weighted by molar-refractivity contribution is 5.77. The van der Waals surface area contributed by atoms with Gasteiger partial charge in [0.1, 0.15) is 11.5 Å². The van der Waals surface area contributed by atoms with Crippen molar-refractivity contribution in [1.29, 1.82) is 0 Å². The van der Waals surface area contributed by atoms with Gasteiger partial charge in [0.25, 0.3) is 0 Å². The molecule has 1 atom stereocenters. The fourth-order valence-corrected chi connectivity index (χ4v) is 4.34. The van der Waals surface area contributed by atoms with Crippen molar-refractivity contribution in [3.63, 3.8) is 0 Å². The van der Waals surface area contributed by atoms with E-state index in [1.165, 1.54) is 23.2 Å². The van der Waals surface area contributed by atoms with Crippen LogP contribution in [-0.4, -0.2) is 44.8 Å². The van der Waals surface area contributed by atoms with E-state index in [-0.39, 0.29) is 29.9 Å². The van der Waals surface area contributed by atoms with Crippen LogP contribution in [0.15, 0.2) is 72.2 Å². The van der Waals surface area contributed by atoms with Gasteiger partial charge in [-0.15, -0.1) is 0 Å². The van der Waals surface area contributed by atoms with Crippen LogP contribution in [0.4, 0.5) is 23.2 Å². The molecule has 1 saturated carbocycles. The summed E-state index contributed by atoms with van der Waals surface area (Å²) in [5, 5.41) is 13.7. The molecule has 0 amide bonds.